The average molecular weight is 492 g/mol. The molecule has 0 aromatic heterocycles. The highest BCUT2D eigenvalue weighted by Crippen LogP contribution is 2.21. The van der Waals surface area contributed by atoms with Crippen LogP contribution in [0.2, 0.25) is 0 Å². The summed E-state index contributed by atoms with van der Waals surface area (Å²) in [5.74, 6) is -3.72. The van der Waals surface area contributed by atoms with Crippen molar-refractivity contribution in [3.63, 3.8) is 0 Å². The lowest BCUT2D eigenvalue weighted by Gasteiger charge is -2.29. The van der Waals surface area contributed by atoms with Crippen LogP contribution in [0.15, 0.2) is 48.5 Å². The van der Waals surface area contributed by atoms with Crippen molar-refractivity contribution in [3.05, 3.63) is 60.2 Å². The maximum atomic E-state index is 13.9. The van der Waals surface area contributed by atoms with Crippen molar-refractivity contribution < 1.29 is 27.4 Å². The Morgan fingerprint density at radius 1 is 1.03 bits per heavy atom. The third kappa shape index (κ3) is 7.18. The van der Waals surface area contributed by atoms with Gasteiger partial charge < -0.3 is 10.6 Å². The van der Waals surface area contributed by atoms with Crippen LogP contribution >= 0.6 is 0 Å². The van der Waals surface area contributed by atoms with Crippen molar-refractivity contribution in [1.29, 1.82) is 0 Å². The molecule has 0 aliphatic heterocycles. The van der Waals surface area contributed by atoms with Crippen molar-refractivity contribution in [2.45, 2.75) is 44.7 Å². The molecular weight excluding hydrogens is 464 g/mol. The van der Waals surface area contributed by atoms with E-state index in [9.17, 15) is 27.4 Å². The van der Waals surface area contributed by atoms with Crippen LogP contribution < -0.4 is 15.5 Å². The maximum Gasteiger partial charge on any atom is 0.243 e. The number of amides is 3. The molecule has 34 heavy (non-hydrogen) atoms. The lowest BCUT2D eigenvalue weighted by atomic mass is 10.1. The Hall–Kier alpha value is -3.14. The van der Waals surface area contributed by atoms with Crippen molar-refractivity contribution in [3.8, 4) is 0 Å². The topological polar surface area (TPSA) is 95.6 Å². The molecule has 0 saturated heterocycles. The van der Waals surface area contributed by atoms with Gasteiger partial charge in [0.2, 0.25) is 17.7 Å². The Morgan fingerprint density at radius 2 is 1.71 bits per heavy atom. The number of hydrogen-bond donors (Lipinski definition) is 2. The first-order chi connectivity index (χ1) is 16.2. The summed E-state index contributed by atoms with van der Waals surface area (Å²) in [6.45, 7) is 1.53. The third-order valence-electron chi connectivity index (χ3n) is 5.53. The molecule has 0 unspecified atom stereocenters. The van der Waals surface area contributed by atoms with Gasteiger partial charge >= 0.3 is 0 Å². The van der Waals surface area contributed by atoms with E-state index >= 15 is 0 Å². The zero-order valence-corrected chi connectivity index (χ0v) is 19.6. The van der Waals surface area contributed by atoms with Gasteiger partial charge in [0, 0.05) is 28.2 Å². The number of benzene rings is 2. The van der Waals surface area contributed by atoms with Crippen molar-refractivity contribution in [2.24, 2.45) is 0 Å². The first kappa shape index (κ1) is 25.5. The van der Waals surface area contributed by atoms with Crippen LogP contribution in [-0.4, -0.2) is 45.5 Å². The fourth-order valence-electron chi connectivity index (χ4n) is 3.85. The highest BCUT2D eigenvalue weighted by atomic mass is 32.2. The van der Waals surface area contributed by atoms with Gasteiger partial charge in [-0.1, -0.05) is 18.9 Å². The van der Waals surface area contributed by atoms with E-state index in [1.165, 1.54) is 49.4 Å². The van der Waals surface area contributed by atoms with Gasteiger partial charge in [0.15, 0.2) is 0 Å². The number of halogens is 2. The number of anilines is 2. The number of carbonyl (C=O) groups excluding carboxylic acids is 3. The molecule has 1 saturated carbocycles. The number of hydrogen-bond acceptors (Lipinski definition) is 4. The van der Waals surface area contributed by atoms with Gasteiger partial charge in [0.25, 0.3) is 0 Å². The van der Waals surface area contributed by atoms with Crippen LogP contribution in [0.3, 0.4) is 0 Å². The largest absolute Gasteiger partial charge is 0.352 e. The van der Waals surface area contributed by atoms with Crippen LogP contribution in [0.4, 0.5) is 20.2 Å². The molecule has 1 fully saturated rings. The van der Waals surface area contributed by atoms with Crippen molar-refractivity contribution >= 4 is 39.9 Å². The number of rotatable bonds is 9. The van der Waals surface area contributed by atoms with Gasteiger partial charge in [-0.3, -0.25) is 23.5 Å². The lowest BCUT2D eigenvalue weighted by Crippen LogP contribution is -2.51. The molecule has 3 rings (SSSR count). The second-order valence-corrected chi connectivity index (χ2v) is 9.65. The smallest absolute Gasteiger partial charge is 0.243 e. The molecule has 2 atom stereocenters. The molecule has 1 aliphatic carbocycles. The molecule has 2 aromatic rings. The zero-order valence-electron chi connectivity index (χ0n) is 18.8. The fourth-order valence-corrected chi connectivity index (χ4v) is 4.73. The summed E-state index contributed by atoms with van der Waals surface area (Å²) in [6.07, 6.45) is 3.76. The highest BCUT2D eigenvalue weighted by molar-refractivity contribution is 7.86. The number of nitrogens with one attached hydrogen (secondary N) is 2. The van der Waals surface area contributed by atoms with Gasteiger partial charge in [-0.05, 0) is 62.2 Å². The molecule has 7 nitrogen and oxygen atoms in total. The van der Waals surface area contributed by atoms with Crippen molar-refractivity contribution in [1.82, 2.24) is 5.32 Å². The Bertz CT molecular complexity index is 1060. The molecule has 0 spiro atoms. The lowest BCUT2D eigenvalue weighted by molar-refractivity contribution is -0.125. The highest BCUT2D eigenvalue weighted by Gasteiger charge is 2.30. The quantitative estimate of drug-likeness (QED) is 0.564. The molecule has 182 valence electrons. The summed E-state index contributed by atoms with van der Waals surface area (Å²) in [5.41, 5.74) is 0.486. The minimum absolute atomic E-state index is 0.0312. The van der Waals surface area contributed by atoms with Gasteiger partial charge in [-0.2, -0.15) is 0 Å². The molecule has 0 bridgehead atoms. The SMILES string of the molecule is C[C@H](C(=O)NC1CCCC1)N(C(=O)C[S@@](=O)CC(=O)Nc1ccc(F)cc1)c1cccc(F)c1. The van der Waals surface area contributed by atoms with Gasteiger partial charge in [-0.25, -0.2) is 8.78 Å². The summed E-state index contributed by atoms with van der Waals surface area (Å²) in [4.78, 5) is 39.2. The third-order valence-corrected chi connectivity index (χ3v) is 6.68. The van der Waals surface area contributed by atoms with Crippen LogP contribution in [-0.2, 0) is 25.2 Å². The minimum Gasteiger partial charge on any atom is -0.352 e. The van der Waals surface area contributed by atoms with Crippen molar-refractivity contribution in [2.75, 3.05) is 21.7 Å². The summed E-state index contributed by atoms with van der Waals surface area (Å²) < 4.78 is 39.4. The second kappa shape index (κ2) is 11.8. The van der Waals surface area contributed by atoms with E-state index in [1.54, 1.807) is 0 Å². The maximum absolute atomic E-state index is 13.9. The predicted molar refractivity (Wildman–Crippen MR) is 127 cm³/mol. The standard InChI is InChI=1S/C24H27F2N3O4S/c1-16(24(32)28-19-6-2-3-7-19)29(21-8-4-5-18(26)13-21)23(31)15-34(33)14-22(30)27-20-11-9-17(25)10-12-20/h4-5,8-13,16,19H,2-3,6-7,14-15H2,1H3,(H,27,30)(H,28,32)/t16-,34+/m1/s1. The predicted octanol–water partition coefficient (Wildman–Crippen LogP) is 3.13. The summed E-state index contributed by atoms with van der Waals surface area (Å²) in [6, 6.07) is 9.37. The Kier molecular flexibility index (Phi) is 8.86. The van der Waals surface area contributed by atoms with E-state index in [2.05, 4.69) is 10.6 Å². The first-order valence-electron chi connectivity index (χ1n) is 11.0. The second-order valence-electron chi connectivity index (χ2n) is 8.19. The first-order valence-corrected chi connectivity index (χ1v) is 12.5. The number of nitrogens with zero attached hydrogens (tertiary/aromatic N) is 1. The molecule has 3 amide bonds. The molecule has 0 heterocycles. The van der Waals surface area contributed by atoms with Gasteiger partial charge in [0.05, 0.1) is 0 Å². The molecule has 2 N–H and O–H groups in total. The van der Waals surface area contributed by atoms with E-state index in [0.29, 0.717) is 5.69 Å². The normalized spacial score (nSPS) is 15.4. The van der Waals surface area contributed by atoms with Gasteiger partial charge in [-0.15, -0.1) is 0 Å². The summed E-state index contributed by atoms with van der Waals surface area (Å²) >= 11 is 0. The van der Waals surface area contributed by atoms with E-state index < -0.39 is 51.8 Å². The molecule has 2 aromatic carbocycles. The van der Waals surface area contributed by atoms with E-state index in [1.807, 2.05) is 0 Å². The van der Waals surface area contributed by atoms with E-state index in [4.69, 9.17) is 0 Å². The monoisotopic (exact) mass is 491 g/mol. The average Bonchev–Trinajstić information content (AvgIpc) is 3.28. The van der Waals surface area contributed by atoms with Gasteiger partial charge in [0.1, 0.15) is 29.2 Å². The fraction of sp³-hybridized carbons (Fsp3) is 0.375. The van der Waals surface area contributed by atoms with E-state index in [-0.39, 0.29) is 17.6 Å². The molecule has 10 heteroatoms. The molecule has 1 aliphatic rings. The van der Waals surface area contributed by atoms with Crippen LogP contribution in [0, 0.1) is 11.6 Å². The Balaban J connectivity index is 1.67. The molecular formula is C24H27F2N3O4S. The minimum atomic E-state index is -1.89. The zero-order chi connectivity index (χ0) is 24.7. The Labute approximate surface area is 199 Å². The van der Waals surface area contributed by atoms with Crippen LogP contribution in [0.1, 0.15) is 32.6 Å². The molecule has 0 radical (unpaired) electrons. The number of carbonyl (C=O) groups is 3. The summed E-state index contributed by atoms with van der Waals surface area (Å²) in [5, 5.41) is 5.41. The summed E-state index contributed by atoms with van der Waals surface area (Å²) in [7, 11) is -1.89. The van der Waals surface area contributed by atoms with E-state index in [0.717, 1.165) is 36.6 Å². The van der Waals surface area contributed by atoms with Crippen LogP contribution in [0.5, 0.6) is 0 Å². The van der Waals surface area contributed by atoms with Crippen LogP contribution in [0.25, 0.3) is 0 Å². The Morgan fingerprint density at radius 3 is 2.35 bits per heavy atom.